The summed E-state index contributed by atoms with van der Waals surface area (Å²) in [5.41, 5.74) is -1.50. The molecule has 7 fully saturated rings. The Hall–Kier alpha value is -1.01. The Labute approximate surface area is 325 Å². The lowest BCUT2D eigenvalue weighted by molar-refractivity contribution is -0.409. The van der Waals surface area contributed by atoms with E-state index in [1.807, 2.05) is 6.92 Å². The fourth-order valence-electron chi connectivity index (χ4n) is 12.3. The predicted octanol–water partition coefficient (Wildman–Crippen LogP) is -2.86. The van der Waals surface area contributed by atoms with Gasteiger partial charge in [0.1, 0.15) is 79.0 Å². The molecule has 3 aliphatic heterocycles. The van der Waals surface area contributed by atoms with Crippen molar-refractivity contribution in [3.05, 3.63) is 0 Å². The molecule has 17 unspecified atom stereocenters. The molecule has 4 aliphatic carbocycles. The third kappa shape index (κ3) is 6.91. The van der Waals surface area contributed by atoms with Crippen molar-refractivity contribution in [2.75, 3.05) is 19.8 Å². The van der Waals surface area contributed by atoms with Crippen LogP contribution in [-0.4, -0.2) is 180 Å². The minimum Gasteiger partial charge on any atom is -0.394 e. The molecule has 56 heavy (non-hydrogen) atoms. The molecule has 7 rings (SSSR count). The quantitative estimate of drug-likeness (QED) is 0.0990. The van der Waals surface area contributed by atoms with Gasteiger partial charge in [0.2, 0.25) is 0 Å². The highest BCUT2D eigenvalue weighted by Crippen LogP contribution is 2.73. The maximum atomic E-state index is 13.3. The van der Waals surface area contributed by atoms with E-state index in [1.54, 1.807) is 0 Å². The average Bonchev–Trinajstić information content (AvgIpc) is 3.35. The van der Waals surface area contributed by atoms with E-state index in [0.29, 0.717) is 18.6 Å². The Balaban J connectivity index is 1.19. The summed E-state index contributed by atoms with van der Waals surface area (Å²) in [6.07, 6.45) is -20.7. The van der Waals surface area contributed by atoms with E-state index < -0.39 is 124 Å². The van der Waals surface area contributed by atoms with E-state index in [0.717, 1.165) is 44.9 Å². The van der Waals surface area contributed by atoms with Gasteiger partial charge in [-0.05, 0) is 67.6 Å². The third-order valence-corrected chi connectivity index (χ3v) is 15.3. The number of Topliss-reactive ketones (excluding diaryl/α,β-unsaturated/α-hetero) is 1. The molecule has 3 saturated heterocycles. The molecule has 0 aromatic heterocycles. The van der Waals surface area contributed by atoms with Gasteiger partial charge in [0.15, 0.2) is 25.2 Å². The number of aliphatic hydroxyl groups is 11. The lowest BCUT2D eigenvalue weighted by atomic mass is 9.40. The summed E-state index contributed by atoms with van der Waals surface area (Å²) in [6, 6.07) is 0. The normalized spacial score (nSPS) is 55.3. The number of ether oxygens (including phenoxy) is 6. The lowest BCUT2D eigenvalue weighted by Gasteiger charge is -2.65. The van der Waals surface area contributed by atoms with Gasteiger partial charge in [0.25, 0.3) is 0 Å². The largest absolute Gasteiger partial charge is 0.394 e. The number of ketones is 1. The summed E-state index contributed by atoms with van der Waals surface area (Å²) < 4.78 is 35.7. The first kappa shape index (κ1) is 43.1. The molecule has 4 saturated carbocycles. The molecule has 18 heteroatoms. The molecular weight excluding hydrogens is 744 g/mol. The standard InChI is InChI=1S/C38H62O18/c1-35-9-5-20-36(2)7-4-8-37(3,19(36)6-10-38(20,15-35)11-21(35)42)34(50)56-33-30(55-32-28(49)26(47)23(44)17(13-40)52-32)29(24(45)18(14-41)53-33)54-31-27(48)25(46)22(43)16(12-39)51-31/h16-20,22-34,39-41,43-50H,4-15H2,1-3H3/t16?,17?,18?,19?,20-,22?,23?,24?,25?,26?,27?,28?,29?,30?,31?,32?,33?,34?,35-,36+,37+,38+/m0/s1. The summed E-state index contributed by atoms with van der Waals surface area (Å²) in [5, 5.41) is 117. The molecular formula is C38H62O18. The second kappa shape index (κ2) is 15.8. The Morgan fingerprint density at radius 3 is 1.73 bits per heavy atom. The number of hydrogen-bond donors (Lipinski definition) is 11. The van der Waals surface area contributed by atoms with Crippen LogP contribution in [0.3, 0.4) is 0 Å². The molecule has 0 radical (unpaired) electrons. The van der Waals surface area contributed by atoms with Gasteiger partial charge in [-0.3, -0.25) is 4.79 Å². The summed E-state index contributed by atoms with van der Waals surface area (Å²) >= 11 is 0. The first-order valence-electron chi connectivity index (χ1n) is 20.1. The van der Waals surface area contributed by atoms with Crippen LogP contribution in [0.5, 0.6) is 0 Å². The molecule has 3 heterocycles. The highest BCUT2D eigenvalue weighted by molar-refractivity contribution is 5.88. The van der Waals surface area contributed by atoms with Crippen molar-refractivity contribution in [1.82, 2.24) is 0 Å². The van der Waals surface area contributed by atoms with Gasteiger partial charge in [-0.2, -0.15) is 0 Å². The fraction of sp³-hybridized carbons (Fsp3) is 0.974. The monoisotopic (exact) mass is 806 g/mol. The SMILES string of the molecule is C[C@@]12CC[C@@H]3[C@](CCC4[C@](C)(C(O)OC5OC(CO)C(O)C(OC6OC(CO)C(O)C(O)C6O)C5OC5OC(CO)C(O)C(O)C5O)CCC[C@]43C)(CC1=O)C2. The molecule has 0 aromatic carbocycles. The zero-order valence-electron chi connectivity index (χ0n) is 32.2. The summed E-state index contributed by atoms with van der Waals surface area (Å²) in [6.45, 7) is 3.91. The minimum absolute atomic E-state index is 0.0526. The maximum Gasteiger partial charge on any atom is 0.190 e. The molecule has 22 atom stereocenters. The highest BCUT2D eigenvalue weighted by atomic mass is 16.8. The number of fused-ring (bicyclic) bond motifs is 3. The number of rotatable bonds is 10. The molecule has 11 N–H and O–H groups in total. The Morgan fingerprint density at radius 2 is 1.16 bits per heavy atom. The summed E-state index contributed by atoms with van der Waals surface area (Å²) in [7, 11) is 0. The van der Waals surface area contributed by atoms with Crippen molar-refractivity contribution in [2.24, 2.45) is 33.5 Å². The zero-order chi connectivity index (χ0) is 40.7. The Morgan fingerprint density at radius 1 is 0.643 bits per heavy atom. The van der Waals surface area contributed by atoms with Crippen molar-refractivity contribution in [2.45, 2.75) is 177 Å². The van der Waals surface area contributed by atoms with Crippen LogP contribution < -0.4 is 0 Å². The van der Waals surface area contributed by atoms with Crippen LogP contribution in [0.4, 0.5) is 0 Å². The van der Waals surface area contributed by atoms with E-state index in [9.17, 15) is 61.0 Å². The third-order valence-electron chi connectivity index (χ3n) is 15.3. The van der Waals surface area contributed by atoms with Gasteiger partial charge in [-0.15, -0.1) is 0 Å². The van der Waals surface area contributed by atoms with E-state index >= 15 is 0 Å². The molecule has 2 bridgehead atoms. The van der Waals surface area contributed by atoms with Crippen LogP contribution in [0.25, 0.3) is 0 Å². The molecule has 0 aromatic rings. The van der Waals surface area contributed by atoms with E-state index in [1.165, 1.54) is 0 Å². The average molecular weight is 807 g/mol. The second-order valence-corrected chi connectivity index (χ2v) is 18.5. The first-order valence-corrected chi connectivity index (χ1v) is 20.1. The summed E-state index contributed by atoms with van der Waals surface area (Å²) in [5.74, 6) is 0.548. The van der Waals surface area contributed by atoms with Crippen molar-refractivity contribution in [3.63, 3.8) is 0 Å². The minimum atomic E-state index is -1.94. The van der Waals surface area contributed by atoms with Gasteiger partial charge >= 0.3 is 0 Å². The van der Waals surface area contributed by atoms with Crippen LogP contribution in [0, 0.1) is 33.5 Å². The molecule has 18 nitrogen and oxygen atoms in total. The lowest BCUT2D eigenvalue weighted by Crippen LogP contribution is -2.68. The Kier molecular flexibility index (Phi) is 12.1. The van der Waals surface area contributed by atoms with Gasteiger partial charge in [0.05, 0.1) is 19.8 Å². The fourth-order valence-corrected chi connectivity index (χ4v) is 12.3. The molecule has 322 valence electrons. The van der Waals surface area contributed by atoms with Gasteiger partial charge in [-0.25, -0.2) is 0 Å². The van der Waals surface area contributed by atoms with E-state index in [2.05, 4.69) is 13.8 Å². The van der Waals surface area contributed by atoms with Gasteiger partial charge in [-0.1, -0.05) is 27.2 Å². The maximum absolute atomic E-state index is 13.3. The van der Waals surface area contributed by atoms with Crippen LogP contribution in [0.2, 0.25) is 0 Å². The first-order chi connectivity index (χ1) is 26.4. The number of hydrogen-bond acceptors (Lipinski definition) is 18. The van der Waals surface area contributed by atoms with Crippen molar-refractivity contribution in [3.8, 4) is 0 Å². The Bertz CT molecular complexity index is 1400. The van der Waals surface area contributed by atoms with E-state index in [-0.39, 0.29) is 28.1 Å². The van der Waals surface area contributed by atoms with Crippen molar-refractivity contribution in [1.29, 1.82) is 0 Å². The molecule has 7 aliphatic rings. The van der Waals surface area contributed by atoms with Crippen LogP contribution >= 0.6 is 0 Å². The molecule has 1 spiro atoms. The summed E-state index contributed by atoms with van der Waals surface area (Å²) in [4.78, 5) is 13.3. The molecule has 0 amide bonds. The van der Waals surface area contributed by atoms with Crippen molar-refractivity contribution < 1.29 is 89.4 Å². The van der Waals surface area contributed by atoms with Crippen LogP contribution in [0.1, 0.15) is 78.6 Å². The number of carbonyl (C=O) groups excluding carboxylic acids is 1. The van der Waals surface area contributed by atoms with Crippen molar-refractivity contribution >= 4 is 5.78 Å². The highest BCUT2D eigenvalue weighted by Gasteiger charge is 2.68. The number of carbonyl (C=O) groups is 1. The van der Waals surface area contributed by atoms with Crippen LogP contribution in [-0.2, 0) is 33.2 Å². The van der Waals surface area contributed by atoms with E-state index in [4.69, 9.17) is 28.4 Å². The van der Waals surface area contributed by atoms with Gasteiger partial charge in [0, 0.05) is 17.3 Å². The van der Waals surface area contributed by atoms with Gasteiger partial charge < -0.3 is 84.6 Å². The topological polar surface area (TPSA) is 295 Å². The smallest absolute Gasteiger partial charge is 0.190 e. The second-order valence-electron chi connectivity index (χ2n) is 18.5. The predicted molar refractivity (Wildman–Crippen MR) is 186 cm³/mol. The number of aliphatic hydroxyl groups excluding tert-OH is 11. The van der Waals surface area contributed by atoms with Crippen LogP contribution in [0.15, 0.2) is 0 Å². The zero-order valence-corrected chi connectivity index (χ0v) is 32.2.